The molecular weight excluding hydrogens is 376 g/mol. The highest BCUT2D eigenvalue weighted by Gasteiger charge is 2.19. The quantitative estimate of drug-likeness (QED) is 0.663. The van der Waals surface area contributed by atoms with E-state index in [0.717, 1.165) is 16.6 Å². The van der Waals surface area contributed by atoms with E-state index in [1.807, 2.05) is 74.4 Å². The smallest absolute Gasteiger partial charge is 0.329 e. The van der Waals surface area contributed by atoms with Crippen LogP contribution in [0.1, 0.15) is 18.5 Å². The SMILES string of the molecule is CCn1c(=O)n(CC(=O)NC[C@@H](c2ccccc2Cl)N(C)C)c2ccccc21. The minimum Gasteiger partial charge on any atom is -0.353 e. The normalized spacial score (nSPS) is 12.5. The Balaban J connectivity index is 1.78. The molecule has 0 bridgehead atoms. The molecule has 1 amide bonds. The van der Waals surface area contributed by atoms with Crippen molar-refractivity contribution < 1.29 is 4.79 Å². The van der Waals surface area contributed by atoms with Gasteiger partial charge in [0.05, 0.1) is 17.1 Å². The number of hydrogen-bond acceptors (Lipinski definition) is 3. The van der Waals surface area contributed by atoms with Gasteiger partial charge in [0, 0.05) is 18.1 Å². The van der Waals surface area contributed by atoms with E-state index in [1.165, 1.54) is 4.57 Å². The van der Waals surface area contributed by atoms with Gasteiger partial charge in [0.25, 0.3) is 0 Å². The Hall–Kier alpha value is -2.57. The third kappa shape index (κ3) is 3.98. The Morgan fingerprint density at radius 2 is 1.68 bits per heavy atom. The second-order valence-electron chi connectivity index (χ2n) is 6.91. The third-order valence-corrected chi connectivity index (χ3v) is 5.27. The molecule has 28 heavy (non-hydrogen) atoms. The minimum atomic E-state index is -0.208. The van der Waals surface area contributed by atoms with Crippen molar-refractivity contribution in [3.63, 3.8) is 0 Å². The van der Waals surface area contributed by atoms with Crippen molar-refractivity contribution in [1.82, 2.24) is 19.4 Å². The zero-order valence-corrected chi connectivity index (χ0v) is 17.1. The van der Waals surface area contributed by atoms with Gasteiger partial charge in [-0.1, -0.05) is 41.9 Å². The van der Waals surface area contributed by atoms with Crippen molar-refractivity contribution in [2.75, 3.05) is 20.6 Å². The Bertz CT molecular complexity index is 1040. The summed E-state index contributed by atoms with van der Waals surface area (Å²) in [6.07, 6.45) is 0. The number of fused-ring (bicyclic) bond motifs is 1. The third-order valence-electron chi connectivity index (χ3n) is 4.92. The number of aryl methyl sites for hydroxylation is 1. The van der Waals surface area contributed by atoms with E-state index in [0.29, 0.717) is 18.1 Å². The molecule has 1 atom stereocenters. The Kier molecular flexibility index (Phi) is 6.21. The number of carbonyl (C=O) groups is 1. The van der Waals surface area contributed by atoms with E-state index in [2.05, 4.69) is 5.32 Å². The van der Waals surface area contributed by atoms with Crippen LogP contribution >= 0.6 is 11.6 Å². The maximum atomic E-state index is 12.7. The molecule has 0 aliphatic carbocycles. The van der Waals surface area contributed by atoms with Crippen LogP contribution in [-0.4, -0.2) is 40.6 Å². The first-order valence-corrected chi connectivity index (χ1v) is 9.67. The van der Waals surface area contributed by atoms with E-state index in [-0.39, 0.29) is 24.2 Å². The predicted molar refractivity (Wildman–Crippen MR) is 113 cm³/mol. The number of carbonyl (C=O) groups excluding carboxylic acids is 1. The number of imidazole rings is 1. The number of benzene rings is 2. The molecule has 0 saturated carbocycles. The van der Waals surface area contributed by atoms with Crippen LogP contribution in [0.15, 0.2) is 53.3 Å². The molecule has 3 rings (SSSR count). The molecule has 7 heteroatoms. The number of nitrogens with one attached hydrogen (secondary N) is 1. The van der Waals surface area contributed by atoms with Crippen molar-refractivity contribution in [3.05, 3.63) is 69.6 Å². The number of amides is 1. The number of hydrogen-bond donors (Lipinski definition) is 1. The summed E-state index contributed by atoms with van der Waals surface area (Å²) in [5, 5.41) is 3.61. The van der Waals surface area contributed by atoms with E-state index in [9.17, 15) is 9.59 Å². The van der Waals surface area contributed by atoms with Gasteiger partial charge in [0.15, 0.2) is 0 Å². The van der Waals surface area contributed by atoms with Gasteiger partial charge in [-0.2, -0.15) is 0 Å². The first kappa shape index (κ1) is 20.2. The van der Waals surface area contributed by atoms with E-state index in [1.54, 1.807) is 4.57 Å². The second kappa shape index (κ2) is 8.63. The van der Waals surface area contributed by atoms with Crippen LogP contribution < -0.4 is 11.0 Å². The summed E-state index contributed by atoms with van der Waals surface area (Å²) in [4.78, 5) is 27.3. The topological polar surface area (TPSA) is 59.3 Å². The molecule has 0 saturated heterocycles. The van der Waals surface area contributed by atoms with Crippen LogP contribution in [0.25, 0.3) is 11.0 Å². The van der Waals surface area contributed by atoms with Gasteiger partial charge in [-0.15, -0.1) is 0 Å². The van der Waals surface area contributed by atoms with E-state index >= 15 is 0 Å². The highest BCUT2D eigenvalue weighted by molar-refractivity contribution is 6.31. The van der Waals surface area contributed by atoms with Crippen LogP contribution in [0.3, 0.4) is 0 Å². The number of halogens is 1. The summed E-state index contributed by atoms with van der Waals surface area (Å²) >= 11 is 6.33. The summed E-state index contributed by atoms with van der Waals surface area (Å²) in [6.45, 7) is 2.86. The van der Waals surface area contributed by atoms with Gasteiger partial charge in [0.2, 0.25) is 5.91 Å². The van der Waals surface area contributed by atoms with Crippen LogP contribution in [-0.2, 0) is 17.9 Å². The van der Waals surface area contributed by atoms with Crippen LogP contribution in [0.5, 0.6) is 0 Å². The lowest BCUT2D eigenvalue weighted by Gasteiger charge is -2.26. The van der Waals surface area contributed by atoms with E-state index < -0.39 is 0 Å². The lowest BCUT2D eigenvalue weighted by Crippen LogP contribution is -2.38. The maximum Gasteiger partial charge on any atom is 0.329 e. The number of rotatable bonds is 7. The lowest BCUT2D eigenvalue weighted by atomic mass is 10.1. The molecule has 3 aromatic rings. The van der Waals surface area contributed by atoms with Gasteiger partial charge in [-0.05, 0) is 44.8 Å². The van der Waals surface area contributed by atoms with Gasteiger partial charge in [-0.25, -0.2) is 4.79 Å². The average molecular weight is 401 g/mol. The monoisotopic (exact) mass is 400 g/mol. The van der Waals surface area contributed by atoms with Gasteiger partial charge < -0.3 is 10.2 Å². The highest BCUT2D eigenvalue weighted by atomic mass is 35.5. The molecule has 0 aliphatic heterocycles. The molecule has 148 valence electrons. The highest BCUT2D eigenvalue weighted by Crippen LogP contribution is 2.25. The standard InChI is InChI=1S/C21H25ClN4O2/c1-4-25-17-11-7-8-12-18(17)26(21(25)28)14-20(27)23-13-19(24(2)3)15-9-5-6-10-16(15)22/h5-12,19H,4,13-14H2,1-3H3,(H,23,27)/t19-/m0/s1. The average Bonchev–Trinajstić information content (AvgIpc) is 2.94. The lowest BCUT2D eigenvalue weighted by molar-refractivity contribution is -0.121. The fraction of sp³-hybridized carbons (Fsp3) is 0.333. The van der Waals surface area contributed by atoms with Crippen molar-refractivity contribution >= 4 is 28.5 Å². The summed E-state index contributed by atoms with van der Waals surface area (Å²) in [5.74, 6) is -0.208. The first-order chi connectivity index (χ1) is 13.4. The molecule has 1 heterocycles. The van der Waals surface area contributed by atoms with E-state index in [4.69, 9.17) is 11.6 Å². The van der Waals surface area contributed by atoms with Crippen LogP contribution in [0, 0.1) is 0 Å². The molecule has 0 radical (unpaired) electrons. The zero-order chi connectivity index (χ0) is 20.3. The van der Waals surface area contributed by atoms with Gasteiger partial charge in [0.1, 0.15) is 6.54 Å². The van der Waals surface area contributed by atoms with Gasteiger partial charge >= 0.3 is 5.69 Å². The maximum absolute atomic E-state index is 12.7. The fourth-order valence-electron chi connectivity index (χ4n) is 3.46. The van der Waals surface area contributed by atoms with Crippen molar-refractivity contribution in [2.24, 2.45) is 0 Å². The molecular formula is C21H25ClN4O2. The molecule has 0 fully saturated rings. The summed E-state index contributed by atoms with van der Waals surface area (Å²) in [7, 11) is 3.89. The molecule has 0 spiro atoms. The van der Waals surface area contributed by atoms with Crippen LogP contribution in [0.4, 0.5) is 0 Å². The van der Waals surface area contributed by atoms with Crippen molar-refractivity contribution in [1.29, 1.82) is 0 Å². The number of para-hydroxylation sites is 2. The van der Waals surface area contributed by atoms with Crippen molar-refractivity contribution in [3.8, 4) is 0 Å². The predicted octanol–water partition coefficient (Wildman–Crippen LogP) is 2.90. The number of likely N-dealkylation sites (N-methyl/N-ethyl adjacent to an activating group) is 1. The fourth-order valence-corrected chi connectivity index (χ4v) is 3.72. The Labute approximate surface area is 169 Å². The Morgan fingerprint density at radius 1 is 1.07 bits per heavy atom. The summed E-state index contributed by atoms with van der Waals surface area (Å²) in [5.41, 5.74) is 2.38. The number of aromatic nitrogens is 2. The molecule has 1 aromatic heterocycles. The Morgan fingerprint density at radius 3 is 2.29 bits per heavy atom. The summed E-state index contributed by atoms with van der Waals surface area (Å²) < 4.78 is 3.20. The second-order valence-corrected chi connectivity index (χ2v) is 7.31. The molecule has 2 aromatic carbocycles. The molecule has 6 nitrogen and oxygen atoms in total. The summed E-state index contributed by atoms with van der Waals surface area (Å²) in [6, 6.07) is 15.1. The zero-order valence-electron chi connectivity index (χ0n) is 16.4. The molecule has 1 N–H and O–H groups in total. The molecule has 0 unspecified atom stereocenters. The minimum absolute atomic E-state index is 0.0188. The van der Waals surface area contributed by atoms with Gasteiger partial charge in [-0.3, -0.25) is 13.9 Å². The largest absolute Gasteiger partial charge is 0.353 e. The number of nitrogens with zero attached hydrogens (tertiary/aromatic N) is 3. The molecule has 0 aliphatic rings. The van der Waals surface area contributed by atoms with Crippen molar-refractivity contribution in [2.45, 2.75) is 26.1 Å². The first-order valence-electron chi connectivity index (χ1n) is 9.29. The van der Waals surface area contributed by atoms with Crippen LogP contribution in [0.2, 0.25) is 5.02 Å².